The van der Waals surface area contributed by atoms with Crippen molar-refractivity contribution in [2.24, 2.45) is 0 Å². The van der Waals surface area contributed by atoms with Crippen molar-refractivity contribution in [3.8, 4) is 0 Å². The number of benzene rings is 2. The van der Waals surface area contributed by atoms with Crippen LogP contribution in [0, 0.1) is 0 Å². The normalized spacial score (nSPS) is 13.5. The minimum atomic E-state index is -2.76. The third kappa shape index (κ3) is 6.14. The zero-order valence-corrected chi connectivity index (χ0v) is 20.6. The van der Waals surface area contributed by atoms with Crippen LogP contribution in [0.5, 0.6) is 0 Å². The molecule has 0 unspecified atom stereocenters. The highest BCUT2D eigenvalue weighted by Gasteiger charge is 2.45. The van der Waals surface area contributed by atoms with Crippen LogP contribution in [-0.4, -0.2) is 35.2 Å². The van der Waals surface area contributed by atoms with Gasteiger partial charge < -0.3 is 12.3 Å². The molecule has 136 valence electrons. The van der Waals surface area contributed by atoms with Gasteiger partial charge in [-0.15, -0.1) is 0 Å². The lowest BCUT2D eigenvalue weighted by Crippen LogP contribution is -2.67. The van der Waals surface area contributed by atoms with Crippen molar-refractivity contribution < 1.29 is 12.3 Å². The second-order valence-corrected chi connectivity index (χ2v) is 22.3. The average molecular weight is 407 g/mol. The summed E-state index contributed by atoms with van der Waals surface area (Å²) in [7, 11) is -7.34. The van der Waals surface area contributed by atoms with Crippen LogP contribution in [0.3, 0.4) is 0 Å². The fourth-order valence-electron chi connectivity index (χ4n) is 2.52. The topological polar surface area (TPSA) is 27.7 Å². The van der Waals surface area contributed by atoms with E-state index >= 15 is 0 Å². The molecule has 0 spiro atoms. The van der Waals surface area contributed by atoms with E-state index in [-0.39, 0.29) is 0 Å². The summed E-state index contributed by atoms with van der Waals surface area (Å²) in [4.78, 5) is 0. The molecular formula is C18H30O3Si4. The molecule has 0 radical (unpaired) electrons. The second kappa shape index (κ2) is 8.25. The van der Waals surface area contributed by atoms with Gasteiger partial charge in [-0.25, -0.2) is 0 Å². The number of hydrogen-bond donors (Lipinski definition) is 0. The zero-order valence-electron chi connectivity index (χ0n) is 16.2. The third-order valence-corrected chi connectivity index (χ3v) is 15.3. The van der Waals surface area contributed by atoms with Gasteiger partial charge >= 0.3 is 8.56 Å². The monoisotopic (exact) mass is 406 g/mol. The maximum atomic E-state index is 6.84. The first-order valence-electron chi connectivity index (χ1n) is 8.72. The largest absolute Gasteiger partial charge is 0.441 e. The summed E-state index contributed by atoms with van der Waals surface area (Å²) in [6, 6.07) is 20.9. The van der Waals surface area contributed by atoms with Gasteiger partial charge in [0.2, 0.25) is 0 Å². The Morgan fingerprint density at radius 2 is 1.04 bits per heavy atom. The van der Waals surface area contributed by atoms with E-state index < -0.39 is 35.2 Å². The van der Waals surface area contributed by atoms with Crippen LogP contribution in [0.4, 0.5) is 0 Å². The van der Waals surface area contributed by atoms with E-state index in [2.05, 4.69) is 87.8 Å². The molecule has 2 rings (SSSR count). The van der Waals surface area contributed by atoms with Crippen molar-refractivity contribution in [2.75, 3.05) is 0 Å². The average Bonchev–Trinajstić information content (AvgIpc) is 2.53. The Morgan fingerprint density at radius 3 is 1.40 bits per heavy atom. The van der Waals surface area contributed by atoms with Gasteiger partial charge in [-0.3, -0.25) is 0 Å². The Balaban J connectivity index is 2.49. The maximum absolute atomic E-state index is 6.84. The third-order valence-electron chi connectivity index (χ3n) is 3.51. The fourth-order valence-corrected chi connectivity index (χ4v) is 13.4. The zero-order chi connectivity index (χ0) is 18.6. The summed E-state index contributed by atoms with van der Waals surface area (Å²) in [6.45, 7) is 13.3. The van der Waals surface area contributed by atoms with Gasteiger partial charge in [0.15, 0.2) is 16.6 Å². The summed E-state index contributed by atoms with van der Waals surface area (Å²) in [5.74, 6) is 0. The molecule has 0 aliphatic rings. The molecule has 3 nitrogen and oxygen atoms in total. The lowest BCUT2D eigenvalue weighted by molar-refractivity contribution is 0.383. The van der Waals surface area contributed by atoms with E-state index in [0.717, 1.165) is 10.4 Å². The summed E-state index contributed by atoms with van der Waals surface area (Å²) in [5, 5.41) is 2.32. The van der Waals surface area contributed by atoms with Crippen LogP contribution >= 0.6 is 0 Å². The Labute approximate surface area is 157 Å². The van der Waals surface area contributed by atoms with Crippen LogP contribution in [0.1, 0.15) is 0 Å². The minimum absolute atomic E-state index is 1.13. The van der Waals surface area contributed by atoms with Gasteiger partial charge in [0.25, 0.3) is 10.0 Å². The standard InChI is InChI=1S/C18H30O3Si4/c1-23(2,3)19-22-20-25(21-24(4,5)6,17-13-9-7-10-14-17)18-15-11-8-12-16-18/h7-16H,22H2,1-6H3. The van der Waals surface area contributed by atoms with E-state index in [1.165, 1.54) is 0 Å². The van der Waals surface area contributed by atoms with Gasteiger partial charge in [-0.05, 0) is 49.7 Å². The van der Waals surface area contributed by atoms with Gasteiger partial charge in [0.05, 0.1) is 0 Å². The first-order chi connectivity index (χ1) is 11.6. The first kappa shape index (κ1) is 20.5. The lowest BCUT2D eigenvalue weighted by Gasteiger charge is -2.38. The van der Waals surface area contributed by atoms with Crippen LogP contribution < -0.4 is 10.4 Å². The van der Waals surface area contributed by atoms with Crippen LogP contribution in [0.2, 0.25) is 39.3 Å². The molecule has 25 heavy (non-hydrogen) atoms. The van der Waals surface area contributed by atoms with Crippen LogP contribution in [0.15, 0.2) is 60.7 Å². The molecule has 0 saturated heterocycles. The molecule has 0 N–H and O–H groups in total. The number of rotatable bonds is 8. The van der Waals surface area contributed by atoms with E-state index in [1.807, 2.05) is 12.1 Å². The van der Waals surface area contributed by atoms with Gasteiger partial charge in [-0.1, -0.05) is 60.7 Å². The molecule has 0 aliphatic heterocycles. The van der Waals surface area contributed by atoms with Crippen molar-refractivity contribution >= 4 is 45.6 Å². The molecule has 0 heterocycles. The summed E-state index contributed by atoms with van der Waals surface area (Å²) in [6.07, 6.45) is 0. The van der Waals surface area contributed by atoms with Gasteiger partial charge in [0.1, 0.15) is 0 Å². The predicted molar refractivity (Wildman–Crippen MR) is 116 cm³/mol. The smallest absolute Gasteiger partial charge is 0.387 e. The van der Waals surface area contributed by atoms with Gasteiger partial charge in [-0.2, -0.15) is 0 Å². The Hall–Kier alpha value is -0.812. The molecular weight excluding hydrogens is 377 g/mol. The van der Waals surface area contributed by atoms with Crippen molar-refractivity contribution in [1.29, 1.82) is 0 Å². The molecule has 2 aromatic rings. The molecule has 0 atom stereocenters. The molecule has 0 fully saturated rings. The second-order valence-electron chi connectivity index (χ2n) is 8.08. The maximum Gasteiger partial charge on any atom is 0.387 e. The van der Waals surface area contributed by atoms with E-state index in [1.54, 1.807) is 0 Å². The summed E-state index contributed by atoms with van der Waals surface area (Å²) < 4.78 is 19.7. The quantitative estimate of drug-likeness (QED) is 0.631. The SMILES string of the molecule is C[Si](C)(C)O[SiH2]O[Si](O[Si](C)(C)C)(c1ccccc1)c1ccccc1. The van der Waals surface area contributed by atoms with Crippen LogP contribution in [-0.2, 0) is 12.3 Å². The lowest BCUT2D eigenvalue weighted by atomic mass is 10.4. The van der Waals surface area contributed by atoms with Crippen molar-refractivity contribution in [1.82, 2.24) is 0 Å². The van der Waals surface area contributed by atoms with Crippen molar-refractivity contribution in [2.45, 2.75) is 39.3 Å². The Kier molecular flexibility index (Phi) is 6.77. The first-order valence-corrected chi connectivity index (χ1v) is 18.5. The van der Waals surface area contributed by atoms with Gasteiger partial charge in [0, 0.05) is 0 Å². The highest BCUT2D eigenvalue weighted by molar-refractivity contribution is 6.99. The van der Waals surface area contributed by atoms with E-state index in [4.69, 9.17) is 12.3 Å². The molecule has 0 saturated carbocycles. The molecule has 0 aliphatic carbocycles. The molecule has 7 heteroatoms. The highest BCUT2D eigenvalue weighted by atomic mass is 28.5. The highest BCUT2D eigenvalue weighted by Crippen LogP contribution is 2.17. The summed E-state index contributed by atoms with van der Waals surface area (Å²) in [5.41, 5.74) is 0. The number of hydrogen-bond acceptors (Lipinski definition) is 3. The molecule has 0 bridgehead atoms. The predicted octanol–water partition coefficient (Wildman–Crippen LogP) is 2.96. The molecule has 0 amide bonds. The van der Waals surface area contributed by atoms with Crippen molar-refractivity contribution in [3.63, 3.8) is 0 Å². The Morgan fingerprint density at radius 1 is 0.600 bits per heavy atom. The molecule has 0 aromatic heterocycles. The summed E-state index contributed by atoms with van der Waals surface area (Å²) >= 11 is 0. The fraction of sp³-hybridized carbons (Fsp3) is 0.333. The van der Waals surface area contributed by atoms with E-state index in [9.17, 15) is 0 Å². The van der Waals surface area contributed by atoms with Crippen molar-refractivity contribution in [3.05, 3.63) is 60.7 Å². The van der Waals surface area contributed by atoms with E-state index in [0.29, 0.717) is 0 Å². The minimum Gasteiger partial charge on any atom is -0.441 e. The molecule has 2 aromatic carbocycles. The Bertz CT molecular complexity index is 612. The van der Waals surface area contributed by atoms with Crippen LogP contribution in [0.25, 0.3) is 0 Å².